The Labute approximate surface area is 192 Å². The fraction of sp³-hybridized carbons (Fsp3) is 0.333. The first kappa shape index (κ1) is 26.8. The molecule has 16 heteroatoms. The highest BCUT2D eigenvalue weighted by molar-refractivity contribution is 7.15. The summed E-state index contributed by atoms with van der Waals surface area (Å²) >= 11 is 0. The molecule has 0 aliphatic carbocycles. The summed E-state index contributed by atoms with van der Waals surface area (Å²) in [5.74, 6) is -22.1. The van der Waals surface area contributed by atoms with Crippen LogP contribution in [0, 0.1) is 58.2 Å². The van der Waals surface area contributed by atoms with Crippen LogP contribution in [0.5, 0.6) is 0 Å². The number of benzene rings is 2. The first-order valence-corrected chi connectivity index (χ1v) is 16.8. The van der Waals surface area contributed by atoms with Crippen LogP contribution in [0.15, 0.2) is 0 Å². The number of halogens is 10. The van der Waals surface area contributed by atoms with Crippen molar-refractivity contribution in [1.29, 1.82) is 0 Å². The van der Waals surface area contributed by atoms with Crippen LogP contribution in [0.3, 0.4) is 0 Å². The maximum absolute atomic E-state index is 14.8. The number of rotatable bonds is 4. The molecule has 0 amide bonds. The maximum atomic E-state index is 14.8. The second-order valence-corrected chi connectivity index (χ2v) is 19.6. The van der Waals surface area contributed by atoms with Crippen LogP contribution in [0.1, 0.15) is 0 Å². The fourth-order valence-corrected chi connectivity index (χ4v) is 8.37. The average molecular weight is 530 g/mol. The molecule has 0 unspecified atom stereocenters. The molecule has 0 spiro atoms. The summed E-state index contributed by atoms with van der Waals surface area (Å²) in [6.45, 7) is 5.82. The van der Waals surface area contributed by atoms with Crippen molar-refractivity contribution < 1.29 is 43.9 Å². The van der Waals surface area contributed by atoms with Gasteiger partial charge in [0.25, 0.3) is 0 Å². The van der Waals surface area contributed by atoms with Crippen LogP contribution >= 0.6 is 0 Å². The first-order chi connectivity index (χ1) is 15.4. The van der Waals surface area contributed by atoms with Crippen molar-refractivity contribution in [3.05, 3.63) is 58.2 Å². The third kappa shape index (κ3) is 3.82. The summed E-state index contributed by atoms with van der Waals surface area (Å²) in [5.41, 5.74) is -2.50. The van der Waals surface area contributed by atoms with Crippen molar-refractivity contribution in [2.75, 3.05) is 0 Å². The minimum Gasteiger partial charge on any atom is -0.372 e. The van der Waals surface area contributed by atoms with E-state index in [9.17, 15) is 43.9 Å². The molecule has 3 rings (SSSR count). The van der Waals surface area contributed by atoms with Gasteiger partial charge in [0.2, 0.25) is 0 Å². The molecule has 0 bridgehead atoms. The van der Waals surface area contributed by atoms with Crippen LogP contribution < -0.4 is 10.9 Å². The lowest BCUT2D eigenvalue weighted by atomic mass is 9.42. The van der Waals surface area contributed by atoms with Gasteiger partial charge in [-0.1, -0.05) is 39.3 Å². The van der Waals surface area contributed by atoms with Gasteiger partial charge in [0, 0.05) is 10.9 Å². The molecule has 1 heterocycles. The van der Waals surface area contributed by atoms with E-state index in [0.29, 0.717) is 0 Å². The molecule has 1 saturated heterocycles. The van der Waals surface area contributed by atoms with Crippen molar-refractivity contribution in [2.45, 2.75) is 39.3 Å². The zero-order valence-corrected chi connectivity index (χ0v) is 20.8. The van der Waals surface area contributed by atoms with E-state index in [0.717, 1.165) is 8.78 Å². The lowest BCUT2D eigenvalue weighted by molar-refractivity contribution is 0.381. The zero-order chi connectivity index (χ0) is 26.2. The van der Waals surface area contributed by atoms with Crippen molar-refractivity contribution in [3.63, 3.8) is 0 Å². The summed E-state index contributed by atoms with van der Waals surface area (Å²) in [4.78, 5) is 0. The molecule has 0 aromatic heterocycles. The number of nitrogens with zero attached hydrogens (tertiary/aromatic N) is 2. The lowest BCUT2D eigenvalue weighted by Gasteiger charge is -2.63. The third-order valence-electron chi connectivity index (χ3n) is 5.61. The Bertz CT molecular complexity index is 1030. The molecule has 0 N–H and O–H groups in total. The van der Waals surface area contributed by atoms with Gasteiger partial charge < -0.3 is 8.78 Å². The molecule has 1 aliphatic heterocycles. The average Bonchev–Trinajstić information content (AvgIpc) is 2.69. The highest BCUT2D eigenvalue weighted by Crippen LogP contribution is 2.35. The SMILES string of the molecule is C[Si](C)(C)N1B(c2c(F)c(F)c(F)c(F)c2F)N([Si](C)(C)C)B1c1c(F)c(F)c(F)c(F)c1F. The van der Waals surface area contributed by atoms with Gasteiger partial charge in [0.05, 0.1) is 16.5 Å². The Morgan fingerprint density at radius 1 is 0.382 bits per heavy atom. The Hall–Kier alpha value is -1.78. The van der Waals surface area contributed by atoms with Crippen LogP contribution in [-0.2, 0) is 0 Å². The van der Waals surface area contributed by atoms with E-state index < -0.39 is 99.5 Å². The van der Waals surface area contributed by atoms with E-state index in [-0.39, 0.29) is 0 Å². The van der Waals surface area contributed by atoms with E-state index in [1.165, 1.54) is 39.3 Å². The van der Waals surface area contributed by atoms with Crippen molar-refractivity contribution in [1.82, 2.24) is 8.78 Å². The van der Waals surface area contributed by atoms with Crippen LogP contribution in [0.4, 0.5) is 43.9 Å². The van der Waals surface area contributed by atoms with Crippen LogP contribution in [-0.4, -0.2) is 39.2 Å². The van der Waals surface area contributed by atoms with Gasteiger partial charge >= 0.3 is 14.0 Å². The third-order valence-corrected chi connectivity index (χ3v) is 9.68. The van der Waals surface area contributed by atoms with Crippen molar-refractivity contribution in [3.8, 4) is 0 Å². The molecular formula is C18H18B2F10N2Si2. The van der Waals surface area contributed by atoms with Gasteiger partial charge in [-0.05, 0) is 0 Å². The molecule has 2 aromatic carbocycles. The standard InChI is InChI=1S/C18H18B2F10N2Si2/c1-33(2,3)31-19(7-9(21)13(25)17(29)14(26)10(7)22)32(34(4,5)6)20(31)8-11(23)15(27)18(30)16(28)12(8)24/h1-6H3. The van der Waals surface area contributed by atoms with E-state index in [1.807, 2.05) is 0 Å². The predicted molar refractivity (Wildman–Crippen MR) is 114 cm³/mol. The molecule has 1 fully saturated rings. The smallest absolute Gasteiger partial charge is 0.319 e. The zero-order valence-electron chi connectivity index (χ0n) is 18.8. The molecule has 0 atom stereocenters. The molecule has 2 nitrogen and oxygen atoms in total. The molecule has 0 saturated carbocycles. The van der Waals surface area contributed by atoms with Gasteiger partial charge in [0.15, 0.2) is 58.2 Å². The van der Waals surface area contributed by atoms with Crippen LogP contribution in [0.25, 0.3) is 0 Å². The molecule has 184 valence electrons. The minimum atomic E-state index is -3.00. The summed E-state index contributed by atoms with van der Waals surface area (Å²) in [6, 6.07) is 0. The molecule has 34 heavy (non-hydrogen) atoms. The van der Waals surface area contributed by atoms with Gasteiger partial charge in [-0.15, -0.1) is 0 Å². The van der Waals surface area contributed by atoms with Gasteiger partial charge in [0.1, 0.15) is 0 Å². The second kappa shape index (κ2) is 8.41. The Kier molecular flexibility index (Phi) is 6.64. The van der Waals surface area contributed by atoms with Crippen LogP contribution in [0.2, 0.25) is 39.3 Å². The largest absolute Gasteiger partial charge is 0.372 e. The predicted octanol–water partition coefficient (Wildman–Crippen LogP) is 4.46. The quantitative estimate of drug-likeness (QED) is 0.250. The topological polar surface area (TPSA) is 6.48 Å². The Balaban J connectivity index is 2.40. The molecule has 2 aromatic rings. The number of hydrogen-bond donors (Lipinski definition) is 0. The first-order valence-electron chi connectivity index (χ1n) is 9.95. The second-order valence-electron chi connectivity index (χ2n) is 9.87. The Morgan fingerprint density at radius 3 is 0.735 bits per heavy atom. The van der Waals surface area contributed by atoms with Crippen molar-refractivity contribution in [2.24, 2.45) is 0 Å². The fourth-order valence-electron chi connectivity index (χ4n) is 4.19. The summed E-state index contributed by atoms with van der Waals surface area (Å²) in [6.07, 6.45) is 0. The van der Waals surface area contributed by atoms with E-state index in [2.05, 4.69) is 0 Å². The van der Waals surface area contributed by atoms with Crippen molar-refractivity contribution >= 4 is 41.4 Å². The molecule has 1 aliphatic rings. The van der Waals surface area contributed by atoms with Gasteiger partial charge in [-0.25, -0.2) is 43.9 Å². The number of hydrogen-bond acceptors (Lipinski definition) is 2. The minimum absolute atomic E-state index is 1.10. The van der Waals surface area contributed by atoms with E-state index >= 15 is 0 Å². The summed E-state index contributed by atoms with van der Waals surface area (Å²) in [7, 11) is -6.01. The summed E-state index contributed by atoms with van der Waals surface area (Å²) < 4.78 is 145. The van der Waals surface area contributed by atoms with E-state index in [1.54, 1.807) is 0 Å². The van der Waals surface area contributed by atoms with Gasteiger partial charge in [-0.3, -0.25) is 0 Å². The highest BCUT2D eigenvalue weighted by Gasteiger charge is 2.64. The monoisotopic (exact) mass is 530 g/mol. The molecular weight excluding hydrogens is 512 g/mol. The van der Waals surface area contributed by atoms with E-state index in [4.69, 9.17) is 0 Å². The maximum Gasteiger partial charge on any atom is 0.319 e. The molecule has 0 radical (unpaired) electrons. The lowest BCUT2D eigenvalue weighted by Crippen LogP contribution is -2.93. The Morgan fingerprint density at radius 2 is 0.559 bits per heavy atom. The normalized spacial score (nSPS) is 15.9. The highest BCUT2D eigenvalue weighted by atomic mass is 28.3. The summed E-state index contributed by atoms with van der Waals surface area (Å²) in [5, 5.41) is 0. The van der Waals surface area contributed by atoms with Gasteiger partial charge in [-0.2, -0.15) is 0 Å².